The van der Waals surface area contributed by atoms with Gasteiger partial charge in [-0.25, -0.2) is 9.37 Å². The lowest BCUT2D eigenvalue weighted by Gasteiger charge is -2.37. The molecule has 22 nitrogen and oxygen atoms in total. The maximum atomic E-state index is 14.6. The number of hydrogen-bond acceptors (Lipinski definition) is 16. The fourth-order valence-electron chi connectivity index (χ4n) is 15.0. The van der Waals surface area contributed by atoms with Gasteiger partial charge in [-0.3, -0.25) is 24.0 Å². The normalized spacial score (nSPS) is 15.1. The first-order valence-corrected chi connectivity index (χ1v) is 38.3. The maximum absolute atomic E-state index is 14.6. The lowest BCUT2D eigenvalue weighted by Crippen LogP contribution is -2.50. The third-order valence-corrected chi connectivity index (χ3v) is 20.7. The van der Waals surface area contributed by atoms with Crippen molar-refractivity contribution in [1.82, 2.24) is 35.3 Å². The SMILES string of the molecule is CCN(CC(=O)NCCOCCOCCOCCOCCOCCOCCNC(=O)CN(CC)C(=O)CC(C)(C)CC(=O)N1CCN(c2cc(-c3ccc(F)c4ccccc34)nc(N)n2)CC1)C(=O)CCCCCN1/C(=C/C=C/C2=[N+](C)c3ccc4ccccc4c3C2(C)C)C(C)(C)c2c1ccc1ccccc21. The quantitative estimate of drug-likeness (QED) is 0.0239. The number of ether oxygens (including phenoxy) is 6. The summed E-state index contributed by atoms with van der Waals surface area (Å²) in [5.41, 5.74) is 14.1. The molecule has 0 radical (unpaired) electrons. The third kappa shape index (κ3) is 21.0. The predicted octanol–water partition coefficient (Wildman–Crippen LogP) is 11.3. The second-order valence-corrected chi connectivity index (χ2v) is 29.6. The van der Waals surface area contributed by atoms with Crippen molar-refractivity contribution in [3.63, 3.8) is 0 Å². The van der Waals surface area contributed by atoms with Crippen molar-refractivity contribution in [3.8, 4) is 11.3 Å². The predicted molar refractivity (Wildman–Crippen MR) is 424 cm³/mol. The summed E-state index contributed by atoms with van der Waals surface area (Å²) in [6.45, 7) is 25.3. The zero-order valence-electron chi connectivity index (χ0n) is 64.7. The summed E-state index contributed by atoms with van der Waals surface area (Å²) in [6.07, 6.45) is 10.0. The van der Waals surface area contributed by atoms with Crippen molar-refractivity contribution in [1.29, 1.82) is 0 Å². The Morgan fingerprint density at radius 3 is 1.71 bits per heavy atom. The van der Waals surface area contributed by atoms with Gasteiger partial charge < -0.3 is 69.3 Å². The van der Waals surface area contributed by atoms with Gasteiger partial charge in [0.05, 0.1) is 103 Å². The molecule has 1 aromatic heterocycles. The fourth-order valence-corrected chi connectivity index (χ4v) is 15.0. The van der Waals surface area contributed by atoms with Crippen LogP contribution in [0.25, 0.3) is 43.6 Å². The molecule has 0 atom stereocenters. The van der Waals surface area contributed by atoms with Crippen LogP contribution >= 0.6 is 0 Å². The molecular weight excluding hydrogens is 1370 g/mol. The number of carbonyl (C=O) groups excluding carboxylic acids is 5. The van der Waals surface area contributed by atoms with Crippen molar-refractivity contribution < 1.29 is 61.4 Å². The molecule has 4 heterocycles. The fraction of sp³-hybridized carbons (Fsp3) is 0.482. The number of unbranched alkanes of at least 4 members (excludes halogenated alkanes) is 2. The molecule has 0 spiro atoms. The van der Waals surface area contributed by atoms with E-state index >= 15 is 0 Å². The molecule has 7 aromatic rings. The second kappa shape index (κ2) is 38.7. The maximum Gasteiger partial charge on any atom is 0.239 e. The first-order chi connectivity index (χ1) is 52.1. The number of allylic oxidation sites excluding steroid dienone is 4. The van der Waals surface area contributed by atoms with Gasteiger partial charge in [-0.05, 0) is 109 Å². The van der Waals surface area contributed by atoms with Gasteiger partial charge in [-0.1, -0.05) is 119 Å². The number of hydrogen-bond donors (Lipinski definition) is 3. The highest BCUT2D eigenvalue weighted by molar-refractivity contribution is 6.08. The minimum absolute atomic E-state index is 0.00383. The Hall–Kier alpha value is -9.23. The van der Waals surface area contributed by atoms with Crippen LogP contribution in [-0.2, 0) is 63.2 Å². The van der Waals surface area contributed by atoms with Gasteiger partial charge in [0.25, 0.3) is 0 Å². The number of nitrogens with one attached hydrogen (secondary N) is 2. The lowest BCUT2D eigenvalue weighted by atomic mass is 9.79. The van der Waals surface area contributed by atoms with E-state index in [0.29, 0.717) is 142 Å². The van der Waals surface area contributed by atoms with Gasteiger partial charge in [-0.15, -0.1) is 0 Å². The van der Waals surface area contributed by atoms with Crippen LogP contribution in [0.5, 0.6) is 0 Å². The van der Waals surface area contributed by atoms with Gasteiger partial charge >= 0.3 is 0 Å². The highest BCUT2D eigenvalue weighted by Crippen LogP contribution is 2.51. The van der Waals surface area contributed by atoms with Gasteiger partial charge in [0.2, 0.25) is 41.2 Å². The van der Waals surface area contributed by atoms with Gasteiger partial charge in [0, 0.05) is 130 Å². The van der Waals surface area contributed by atoms with Crippen molar-refractivity contribution in [2.75, 3.05) is 174 Å². The van der Waals surface area contributed by atoms with Crippen LogP contribution < -0.4 is 26.2 Å². The molecule has 1 saturated heterocycles. The van der Waals surface area contributed by atoms with E-state index in [1.807, 2.05) is 45.9 Å². The minimum Gasteiger partial charge on any atom is -0.377 e. The molecule has 108 heavy (non-hydrogen) atoms. The summed E-state index contributed by atoms with van der Waals surface area (Å²) in [6, 6.07) is 38.5. The molecule has 23 heteroatoms. The van der Waals surface area contributed by atoms with E-state index in [1.54, 1.807) is 28.0 Å². The molecule has 3 aliphatic heterocycles. The number of fused-ring (bicyclic) bond motifs is 7. The number of benzene rings is 6. The topological polar surface area (TPSA) is 236 Å². The highest BCUT2D eigenvalue weighted by atomic mass is 19.1. The number of piperazine rings is 1. The van der Waals surface area contributed by atoms with Crippen molar-refractivity contribution in [3.05, 3.63) is 156 Å². The first kappa shape index (κ1) is 81.3. The smallest absolute Gasteiger partial charge is 0.239 e. The number of likely N-dealkylation sites (N-methyl/N-ethyl adjacent to an activating group) is 2. The molecule has 6 aromatic carbocycles. The van der Waals surface area contributed by atoms with E-state index in [-0.39, 0.29) is 91.2 Å². The summed E-state index contributed by atoms with van der Waals surface area (Å²) in [5, 5.41) is 12.0. The lowest BCUT2D eigenvalue weighted by molar-refractivity contribution is -0.401. The summed E-state index contributed by atoms with van der Waals surface area (Å²) in [7, 11) is 2.18. The van der Waals surface area contributed by atoms with Crippen molar-refractivity contribution >= 4 is 90.7 Å². The summed E-state index contributed by atoms with van der Waals surface area (Å²) in [5.74, 6) is -0.398. The number of amides is 5. The number of nitrogens with two attached hydrogens (primary N) is 1. The molecule has 0 bridgehead atoms. The Morgan fingerprint density at radius 1 is 0.602 bits per heavy atom. The van der Waals surface area contributed by atoms with Crippen LogP contribution in [0.2, 0.25) is 0 Å². The molecule has 578 valence electrons. The number of nitrogens with zero attached hydrogens (tertiary/aromatic N) is 8. The Balaban J connectivity index is 0.507. The Labute approximate surface area is 635 Å². The molecule has 0 saturated carbocycles. The van der Waals surface area contributed by atoms with E-state index in [2.05, 4.69) is 161 Å². The average Bonchev–Trinajstić information content (AvgIpc) is 1.57. The third-order valence-electron chi connectivity index (χ3n) is 20.7. The summed E-state index contributed by atoms with van der Waals surface area (Å²) in [4.78, 5) is 84.6. The van der Waals surface area contributed by atoms with Crippen molar-refractivity contribution in [2.24, 2.45) is 5.41 Å². The standard InChI is InChI=1S/C85H110FN11O11/c1-10-93(77(100)30-13-12-20-39-97-71-36-32-62-23-15-17-25-64(62)81(71)85(7,8)73(97)29-21-28-72-84(5,6)80-63-24-16-14-22-61(63)31-35-70(80)92(72)9)59-75(98)88-37-44-103-46-48-105-50-52-107-54-55-108-53-51-106-49-47-104-45-38-89-76(99)60-94(11-2)78(101)57-83(3,4)58-79(102)96-42-40-95(41-43-96)74-56-69(90-82(87)91-74)67-33-34-68(86)66-27-19-18-26-65(66)67/h14-19,21-29,31-36,56H,10-13,20,30,37-55,57-60H2,1-9H3,(H3-,87,88,89,90,91,98,99)/p+1. The molecular formula is C85H111FN11O11+. The van der Waals surface area contributed by atoms with E-state index < -0.39 is 5.41 Å². The van der Waals surface area contributed by atoms with Gasteiger partial charge in [-0.2, -0.15) is 9.56 Å². The van der Waals surface area contributed by atoms with E-state index in [0.717, 1.165) is 36.8 Å². The molecule has 10 rings (SSSR count). The van der Waals surface area contributed by atoms with Crippen LogP contribution in [0.4, 0.5) is 27.5 Å². The zero-order chi connectivity index (χ0) is 76.8. The van der Waals surface area contributed by atoms with Crippen LogP contribution in [-0.4, -0.2) is 223 Å². The van der Waals surface area contributed by atoms with Crippen molar-refractivity contribution in [2.45, 2.75) is 105 Å². The van der Waals surface area contributed by atoms with E-state index in [4.69, 9.17) is 34.2 Å². The number of rotatable bonds is 41. The van der Waals surface area contributed by atoms with Crippen LogP contribution in [0.15, 0.2) is 139 Å². The Kier molecular flexibility index (Phi) is 29.1. The van der Waals surface area contributed by atoms with Crippen LogP contribution in [0.1, 0.15) is 105 Å². The van der Waals surface area contributed by atoms with Crippen LogP contribution in [0, 0.1) is 11.2 Å². The van der Waals surface area contributed by atoms with Gasteiger partial charge in [0.15, 0.2) is 5.71 Å². The monoisotopic (exact) mass is 1480 g/mol. The Bertz CT molecular complexity index is 4360. The largest absolute Gasteiger partial charge is 0.377 e. The minimum atomic E-state index is -0.653. The molecule has 5 amide bonds. The van der Waals surface area contributed by atoms with Gasteiger partial charge in [0.1, 0.15) is 18.7 Å². The molecule has 0 aliphatic carbocycles. The van der Waals surface area contributed by atoms with Crippen LogP contribution in [0.3, 0.4) is 0 Å². The average molecular weight is 1480 g/mol. The zero-order valence-corrected chi connectivity index (χ0v) is 64.7. The molecule has 3 aliphatic rings. The summed E-state index contributed by atoms with van der Waals surface area (Å²) < 4.78 is 50.6. The number of nitrogen functional groups attached to an aromatic ring is 1. The molecule has 4 N–H and O–H groups in total. The first-order valence-electron chi connectivity index (χ1n) is 38.3. The second-order valence-electron chi connectivity index (χ2n) is 29.6. The molecule has 0 unspecified atom stereocenters. The summed E-state index contributed by atoms with van der Waals surface area (Å²) >= 11 is 0. The van der Waals surface area contributed by atoms with E-state index in [9.17, 15) is 28.4 Å². The highest BCUT2D eigenvalue weighted by Gasteiger charge is 2.45. The molecule has 1 fully saturated rings. The Morgan fingerprint density at radius 2 is 1.13 bits per heavy atom. The van der Waals surface area contributed by atoms with E-state index in [1.165, 1.54) is 66.4 Å². The number of aromatic nitrogens is 2. The number of carbonyl (C=O) groups is 5. The number of anilines is 3. The number of halogens is 1.